The molecule has 1 heterocycles. The first-order valence-corrected chi connectivity index (χ1v) is 8.72. The molecule has 6 nitrogen and oxygen atoms in total. The van der Waals surface area contributed by atoms with Gasteiger partial charge in [0.1, 0.15) is 0 Å². The molecule has 0 aliphatic heterocycles. The molecule has 1 fully saturated rings. The molecule has 1 aliphatic carbocycles. The molecule has 0 saturated heterocycles. The Kier molecular flexibility index (Phi) is 4.70. The quantitative estimate of drug-likeness (QED) is 0.621. The molecular formula is C14H15Cl2N5OS. The van der Waals surface area contributed by atoms with Gasteiger partial charge >= 0.3 is 0 Å². The molecule has 0 bridgehead atoms. The van der Waals surface area contributed by atoms with Gasteiger partial charge in [-0.15, -0.1) is 10.2 Å². The Morgan fingerprint density at radius 3 is 2.83 bits per heavy atom. The molecule has 9 heteroatoms. The van der Waals surface area contributed by atoms with Crippen LogP contribution in [-0.2, 0) is 4.79 Å². The molecule has 1 amide bonds. The molecule has 1 aromatic carbocycles. The number of halogens is 2. The second kappa shape index (κ2) is 6.59. The van der Waals surface area contributed by atoms with Gasteiger partial charge in [-0.05, 0) is 38.0 Å². The van der Waals surface area contributed by atoms with Gasteiger partial charge in [-0.25, -0.2) is 4.68 Å². The van der Waals surface area contributed by atoms with Crippen molar-refractivity contribution in [2.24, 2.45) is 0 Å². The zero-order chi connectivity index (χ0) is 16.6. The smallest absolute Gasteiger partial charge is 0.237 e. The lowest BCUT2D eigenvalue weighted by molar-refractivity contribution is -0.115. The van der Waals surface area contributed by atoms with Gasteiger partial charge < -0.3 is 11.2 Å². The van der Waals surface area contributed by atoms with Gasteiger partial charge in [0.2, 0.25) is 11.1 Å². The van der Waals surface area contributed by atoms with Crippen molar-refractivity contribution < 1.29 is 4.79 Å². The molecule has 0 unspecified atom stereocenters. The summed E-state index contributed by atoms with van der Waals surface area (Å²) in [7, 11) is 0. The number of anilines is 1. The SMILES string of the molecule is C[C@@H](Sc1nnc(C2CC2)n1N)C(=O)Nc1ccc(Cl)cc1Cl. The van der Waals surface area contributed by atoms with Crippen LogP contribution in [0.25, 0.3) is 0 Å². The van der Waals surface area contributed by atoms with Crippen LogP contribution in [0.3, 0.4) is 0 Å². The molecule has 1 aliphatic rings. The van der Waals surface area contributed by atoms with Crippen LogP contribution < -0.4 is 11.2 Å². The van der Waals surface area contributed by atoms with Crippen molar-refractivity contribution in [2.75, 3.05) is 11.2 Å². The number of hydrogen-bond acceptors (Lipinski definition) is 5. The van der Waals surface area contributed by atoms with Crippen molar-refractivity contribution in [3.05, 3.63) is 34.1 Å². The number of rotatable bonds is 5. The van der Waals surface area contributed by atoms with Crippen LogP contribution in [0.1, 0.15) is 31.5 Å². The lowest BCUT2D eigenvalue weighted by Gasteiger charge is -2.12. The molecule has 1 atom stereocenters. The van der Waals surface area contributed by atoms with Crippen molar-refractivity contribution >= 4 is 46.6 Å². The van der Waals surface area contributed by atoms with Gasteiger partial charge in [-0.3, -0.25) is 4.79 Å². The minimum absolute atomic E-state index is 0.199. The number of nitrogens with one attached hydrogen (secondary N) is 1. The molecule has 3 rings (SSSR count). The number of carbonyl (C=O) groups excluding carboxylic acids is 1. The number of aromatic nitrogens is 3. The van der Waals surface area contributed by atoms with Crippen molar-refractivity contribution in [1.29, 1.82) is 0 Å². The van der Waals surface area contributed by atoms with E-state index in [-0.39, 0.29) is 5.91 Å². The van der Waals surface area contributed by atoms with E-state index in [1.165, 1.54) is 16.4 Å². The average molecular weight is 372 g/mol. The molecule has 23 heavy (non-hydrogen) atoms. The third kappa shape index (κ3) is 3.73. The van der Waals surface area contributed by atoms with Gasteiger partial charge in [0.25, 0.3) is 0 Å². The number of nitrogens with two attached hydrogens (primary N) is 1. The van der Waals surface area contributed by atoms with E-state index in [4.69, 9.17) is 29.0 Å². The minimum Gasteiger partial charge on any atom is -0.336 e. The standard InChI is InChI=1S/C14H15Cl2N5OS/c1-7(13(22)18-11-5-4-9(15)6-10(11)16)23-14-20-19-12(21(14)17)8-2-3-8/h4-8H,2-3,17H2,1H3,(H,18,22)/t7-/m1/s1. The summed E-state index contributed by atoms with van der Waals surface area (Å²) in [5, 5.41) is 12.0. The van der Waals surface area contributed by atoms with E-state index in [0.717, 1.165) is 18.7 Å². The number of carbonyl (C=O) groups is 1. The van der Waals surface area contributed by atoms with Crippen LogP contribution in [0, 0.1) is 0 Å². The molecule has 0 radical (unpaired) electrons. The number of thioether (sulfide) groups is 1. The van der Waals surface area contributed by atoms with E-state index in [1.807, 2.05) is 0 Å². The maximum atomic E-state index is 12.3. The van der Waals surface area contributed by atoms with E-state index in [9.17, 15) is 4.79 Å². The number of nitrogens with zero attached hydrogens (tertiary/aromatic N) is 3. The van der Waals surface area contributed by atoms with E-state index in [1.54, 1.807) is 25.1 Å². The Hall–Kier alpha value is -1.44. The molecule has 2 aromatic rings. The maximum absolute atomic E-state index is 12.3. The topological polar surface area (TPSA) is 85.8 Å². The fourth-order valence-electron chi connectivity index (χ4n) is 2.03. The zero-order valence-corrected chi connectivity index (χ0v) is 14.6. The Labute approximate surface area is 147 Å². The van der Waals surface area contributed by atoms with E-state index in [2.05, 4.69) is 15.5 Å². The Bertz CT molecular complexity index is 747. The summed E-state index contributed by atoms with van der Waals surface area (Å²) in [6, 6.07) is 4.91. The van der Waals surface area contributed by atoms with Gasteiger partial charge in [0.05, 0.1) is 16.0 Å². The highest BCUT2D eigenvalue weighted by atomic mass is 35.5. The summed E-state index contributed by atoms with van der Waals surface area (Å²) in [6.07, 6.45) is 2.18. The van der Waals surface area contributed by atoms with Crippen LogP contribution in [-0.4, -0.2) is 26.0 Å². The van der Waals surface area contributed by atoms with Gasteiger partial charge in [-0.2, -0.15) is 0 Å². The zero-order valence-electron chi connectivity index (χ0n) is 12.3. The van der Waals surface area contributed by atoms with Crippen LogP contribution >= 0.6 is 35.0 Å². The summed E-state index contributed by atoms with van der Waals surface area (Å²) in [5.41, 5.74) is 0.515. The lowest BCUT2D eigenvalue weighted by Crippen LogP contribution is -2.24. The lowest BCUT2D eigenvalue weighted by atomic mass is 10.3. The van der Waals surface area contributed by atoms with Crippen LogP contribution in [0.4, 0.5) is 5.69 Å². The highest BCUT2D eigenvalue weighted by molar-refractivity contribution is 8.00. The number of benzene rings is 1. The van der Waals surface area contributed by atoms with E-state index < -0.39 is 5.25 Å². The van der Waals surface area contributed by atoms with Crippen molar-refractivity contribution in [2.45, 2.75) is 36.1 Å². The molecule has 0 spiro atoms. The Morgan fingerprint density at radius 2 is 2.17 bits per heavy atom. The maximum Gasteiger partial charge on any atom is 0.237 e. The molecule has 122 valence electrons. The predicted molar refractivity (Wildman–Crippen MR) is 92.6 cm³/mol. The van der Waals surface area contributed by atoms with E-state index in [0.29, 0.717) is 26.8 Å². The number of hydrogen-bond donors (Lipinski definition) is 2. The molecule has 3 N–H and O–H groups in total. The normalized spacial score (nSPS) is 15.4. The fourth-order valence-corrected chi connectivity index (χ4v) is 3.26. The summed E-state index contributed by atoms with van der Waals surface area (Å²) in [6.45, 7) is 1.77. The molecule has 1 saturated carbocycles. The predicted octanol–water partition coefficient (Wildman–Crippen LogP) is 3.30. The summed E-state index contributed by atoms with van der Waals surface area (Å²) in [4.78, 5) is 12.3. The van der Waals surface area contributed by atoms with Gasteiger partial charge in [0.15, 0.2) is 5.82 Å². The highest BCUT2D eigenvalue weighted by Gasteiger charge is 2.30. The second-order valence-electron chi connectivity index (χ2n) is 5.36. The first-order chi connectivity index (χ1) is 11.0. The Balaban J connectivity index is 1.65. The number of amides is 1. The van der Waals surface area contributed by atoms with Crippen molar-refractivity contribution in [3.8, 4) is 0 Å². The number of nitrogen functional groups attached to an aromatic ring is 1. The first-order valence-electron chi connectivity index (χ1n) is 7.08. The first kappa shape index (κ1) is 16.4. The van der Waals surface area contributed by atoms with Crippen molar-refractivity contribution in [3.63, 3.8) is 0 Å². The molecule has 1 aromatic heterocycles. The monoisotopic (exact) mass is 371 g/mol. The van der Waals surface area contributed by atoms with Crippen LogP contribution in [0.5, 0.6) is 0 Å². The third-order valence-corrected chi connectivity index (χ3v) is 5.08. The summed E-state index contributed by atoms with van der Waals surface area (Å²) in [5.74, 6) is 6.97. The summed E-state index contributed by atoms with van der Waals surface area (Å²) >= 11 is 13.2. The minimum atomic E-state index is -0.403. The fraction of sp³-hybridized carbons (Fsp3) is 0.357. The van der Waals surface area contributed by atoms with Crippen molar-refractivity contribution in [1.82, 2.24) is 14.9 Å². The largest absolute Gasteiger partial charge is 0.336 e. The van der Waals surface area contributed by atoms with E-state index >= 15 is 0 Å². The summed E-state index contributed by atoms with van der Waals surface area (Å²) < 4.78 is 1.47. The van der Waals surface area contributed by atoms with Gasteiger partial charge in [-0.1, -0.05) is 35.0 Å². The average Bonchev–Trinajstić information content (AvgIpc) is 3.28. The second-order valence-corrected chi connectivity index (χ2v) is 7.51. The van der Waals surface area contributed by atoms with Crippen LogP contribution in [0.2, 0.25) is 10.0 Å². The molecular weight excluding hydrogens is 357 g/mol. The third-order valence-electron chi connectivity index (χ3n) is 3.47. The van der Waals surface area contributed by atoms with Crippen LogP contribution in [0.15, 0.2) is 23.4 Å². The highest BCUT2D eigenvalue weighted by Crippen LogP contribution is 2.39. The Morgan fingerprint density at radius 1 is 1.43 bits per heavy atom. The van der Waals surface area contributed by atoms with Gasteiger partial charge in [0, 0.05) is 10.9 Å².